The van der Waals surface area contributed by atoms with Crippen molar-refractivity contribution in [3.63, 3.8) is 0 Å². The third-order valence-electron chi connectivity index (χ3n) is 3.31. The van der Waals surface area contributed by atoms with E-state index in [1.807, 2.05) is 7.05 Å². The quantitative estimate of drug-likeness (QED) is 0.884. The van der Waals surface area contributed by atoms with Crippen LogP contribution in [-0.2, 0) is 6.42 Å². The number of hydrogen-bond acceptors (Lipinski definition) is 2. The van der Waals surface area contributed by atoms with Gasteiger partial charge in [0.1, 0.15) is 5.75 Å². The summed E-state index contributed by atoms with van der Waals surface area (Å²) in [5, 5.41) is 3.16. The summed E-state index contributed by atoms with van der Waals surface area (Å²) in [6.07, 6.45) is -3.82. The van der Waals surface area contributed by atoms with Gasteiger partial charge in [0.05, 0.1) is 0 Å². The second-order valence-electron chi connectivity index (χ2n) is 6.02. The van der Waals surface area contributed by atoms with E-state index in [4.69, 9.17) is 0 Å². The van der Waals surface area contributed by atoms with Crippen LogP contribution in [0.4, 0.5) is 13.2 Å². The van der Waals surface area contributed by atoms with Crippen molar-refractivity contribution in [3.8, 4) is 5.75 Å². The van der Waals surface area contributed by atoms with E-state index in [-0.39, 0.29) is 11.2 Å². The summed E-state index contributed by atoms with van der Waals surface area (Å²) in [6, 6.07) is 6.11. The third-order valence-corrected chi connectivity index (χ3v) is 3.31. The molecular formula is C15H22F3NO. The van der Waals surface area contributed by atoms with Gasteiger partial charge in [-0.3, -0.25) is 0 Å². The van der Waals surface area contributed by atoms with E-state index < -0.39 is 6.36 Å². The summed E-state index contributed by atoms with van der Waals surface area (Å²) in [5.41, 5.74) is 1.14. The molecule has 114 valence electrons. The second kappa shape index (κ2) is 6.48. The summed E-state index contributed by atoms with van der Waals surface area (Å²) >= 11 is 0. The fourth-order valence-corrected chi connectivity index (χ4v) is 2.04. The molecule has 0 aliphatic carbocycles. The molecule has 1 atom stereocenters. The van der Waals surface area contributed by atoms with Gasteiger partial charge in [0.2, 0.25) is 0 Å². The van der Waals surface area contributed by atoms with Gasteiger partial charge in [-0.1, -0.05) is 32.9 Å². The number of halogens is 3. The highest BCUT2D eigenvalue weighted by atomic mass is 19.4. The van der Waals surface area contributed by atoms with Gasteiger partial charge in [0.25, 0.3) is 0 Å². The number of benzene rings is 1. The minimum Gasteiger partial charge on any atom is -0.406 e. The van der Waals surface area contributed by atoms with E-state index >= 15 is 0 Å². The Kier molecular flexibility index (Phi) is 5.45. The molecule has 0 bridgehead atoms. The lowest BCUT2D eigenvalue weighted by Crippen LogP contribution is -2.31. The van der Waals surface area contributed by atoms with Crippen LogP contribution in [0.5, 0.6) is 5.75 Å². The standard InChI is InChI=1S/C15H22F3NO/c1-14(2,3)12(10-19-4)9-11-5-7-13(8-6-11)20-15(16,17)18/h5-8,12,19H,9-10H2,1-4H3. The molecule has 1 unspecified atom stereocenters. The molecule has 1 aromatic carbocycles. The summed E-state index contributed by atoms with van der Waals surface area (Å²) in [6.45, 7) is 7.35. The van der Waals surface area contributed by atoms with E-state index in [1.54, 1.807) is 12.1 Å². The van der Waals surface area contributed by atoms with Gasteiger partial charge in [0, 0.05) is 0 Å². The monoisotopic (exact) mass is 289 g/mol. The summed E-state index contributed by atoms with van der Waals surface area (Å²) in [4.78, 5) is 0. The van der Waals surface area contributed by atoms with Crippen molar-refractivity contribution in [2.45, 2.75) is 33.6 Å². The van der Waals surface area contributed by atoms with Crippen molar-refractivity contribution in [2.75, 3.05) is 13.6 Å². The SMILES string of the molecule is CNCC(Cc1ccc(OC(F)(F)F)cc1)C(C)(C)C. The molecule has 0 radical (unpaired) electrons. The van der Waals surface area contributed by atoms with Gasteiger partial charge >= 0.3 is 6.36 Å². The van der Waals surface area contributed by atoms with Crippen LogP contribution in [0, 0.1) is 11.3 Å². The van der Waals surface area contributed by atoms with E-state index in [9.17, 15) is 13.2 Å². The van der Waals surface area contributed by atoms with Gasteiger partial charge in [0.15, 0.2) is 0 Å². The third kappa shape index (κ3) is 5.82. The van der Waals surface area contributed by atoms with Crippen molar-refractivity contribution >= 4 is 0 Å². The van der Waals surface area contributed by atoms with Crippen LogP contribution >= 0.6 is 0 Å². The predicted molar refractivity (Wildman–Crippen MR) is 73.7 cm³/mol. The molecule has 0 aromatic heterocycles. The van der Waals surface area contributed by atoms with E-state index in [0.717, 1.165) is 18.5 Å². The zero-order valence-electron chi connectivity index (χ0n) is 12.3. The van der Waals surface area contributed by atoms with Gasteiger partial charge in [-0.25, -0.2) is 0 Å². The highest BCUT2D eigenvalue weighted by Crippen LogP contribution is 2.29. The molecule has 0 aliphatic heterocycles. The highest BCUT2D eigenvalue weighted by Gasteiger charge is 2.31. The molecule has 0 fully saturated rings. The van der Waals surface area contributed by atoms with Crippen molar-refractivity contribution in [1.82, 2.24) is 5.32 Å². The summed E-state index contributed by atoms with van der Waals surface area (Å²) < 4.78 is 40.1. The Morgan fingerprint density at radius 2 is 1.65 bits per heavy atom. The lowest BCUT2D eigenvalue weighted by atomic mass is 9.77. The largest absolute Gasteiger partial charge is 0.573 e. The molecule has 5 heteroatoms. The first-order valence-corrected chi connectivity index (χ1v) is 6.61. The molecule has 2 nitrogen and oxygen atoms in total. The fourth-order valence-electron chi connectivity index (χ4n) is 2.04. The van der Waals surface area contributed by atoms with E-state index in [2.05, 4.69) is 30.8 Å². The Labute approximate surface area is 118 Å². The fraction of sp³-hybridized carbons (Fsp3) is 0.600. The van der Waals surface area contributed by atoms with E-state index in [0.29, 0.717) is 5.92 Å². The van der Waals surface area contributed by atoms with Crippen molar-refractivity contribution in [1.29, 1.82) is 0 Å². The molecule has 0 saturated carbocycles. The number of hydrogen-bond donors (Lipinski definition) is 1. The molecule has 0 aliphatic rings. The first-order chi connectivity index (χ1) is 9.12. The van der Waals surface area contributed by atoms with Crippen molar-refractivity contribution in [3.05, 3.63) is 29.8 Å². The summed E-state index contributed by atoms with van der Waals surface area (Å²) in [5.74, 6) is 0.226. The smallest absolute Gasteiger partial charge is 0.406 e. The minimum absolute atomic E-state index is 0.129. The zero-order chi connectivity index (χ0) is 15.4. The average molecular weight is 289 g/mol. The number of rotatable bonds is 5. The maximum atomic E-state index is 12.1. The van der Waals surface area contributed by atoms with Crippen LogP contribution < -0.4 is 10.1 Å². The van der Waals surface area contributed by atoms with Gasteiger partial charge in [-0.05, 0) is 49.0 Å². The number of ether oxygens (including phenoxy) is 1. The van der Waals surface area contributed by atoms with Crippen LogP contribution in [0.3, 0.4) is 0 Å². The first kappa shape index (κ1) is 16.8. The molecule has 0 spiro atoms. The molecule has 1 rings (SSSR count). The average Bonchev–Trinajstić information content (AvgIpc) is 2.28. The van der Waals surface area contributed by atoms with Crippen LogP contribution in [0.15, 0.2) is 24.3 Å². The van der Waals surface area contributed by atoms with Crippen LogP contribution in [0.2, 0.25) is 0 Å². The molecule has 1 N–H and O–H groups in total. The Morgan fingerprint density at radius 3 is 2.05 bits per heavy atom. The van der Waals surface area contributed by atoms with Crippen molar-refractivity contribution < 1.29 is 17.9 Å². The number of alkyl halides is 3. The lowest BCUT2D eigenvalue weighted by molar-refractivity contribution is -0.274. The Morgan fingerprint density at radius 1 is 1.10 bits per heavy atom. The lowest BCUT2D eigenvalue weighted by Gasteiger charge is -2.30. The van der Waals surface area contributed by atoms with Gasteiger partial charge in [-0.15, -0.1) is 13.2 Å². The number of nitrogens with one attached hydrogen (secondary N) is 1. The normalized spacial score (nSPS) is 14.2. The Hall–Kier alpha value is -1.23. The van der Waals surface area contributed by atoms with Crippen LogP contribution in [-0.4, -0.2) is 20.0 Å². The van der Waals surface area contributed by atoms with Crippen LogP contribution in [0.1, 0.15) is 26.3 Å². The topological polar surface area (TPSA) is 21.3 Å². The molecule has 0 saturated heterocycles. The minimum atomic E-state index is -4.64. The van der Waals surface area contributed by atoms with E-state index in [1.165, 1.54) is 12.1 Å². The molecular weight excluding hydrogens is 267 g/mol. The van der Waals surface area contributed by atoms with Crippen molar-refractivity contribution in [2.24, 2.45) is 11.3 Å². The Balaban J connectivity index is 2.73. The molecule has 20 heavy (non-hydrogen) atoms. The first-order valence-electron chi connectivity index (χ1n) is 6.61. The maximum Gasteiger partial charge on any atom is 0.573 e. The summed E-state index contributed by atoms with van der Waals surface area (Å²) in [7, 11) is 1.90. The van der Waals surface area contributed by atoms with Crippen LogP contribution in [0.25, 0.3) is 0 Å². The molecule has 0 amide bonds. The van der Waals surface area contributed by atoms with Gasteiger partial charge < -0.3 is 10.1 Å². The zero-order valence-corrected chi connectivity index (χ0v) is 12.3. The van der Waals surface area contributed by atoms with Gasteiger partial charge in [-0.2, -0.15) is 0 Å². The molecule has 1 aromatic rings. The Bertz CT molecular complexity index is 407. The second-order valence-corrected chi connectivity index (χ2v) is 6.02. The predicted octanol–water partition coefficient (Wildman–Crippen LogP) is 4.01. The molecule has 0 heterocycles. The highest BCUT2D eigenvalue weighted by molar-refractivity contribution is 5.27. The maximum absolute atomic E-state index is 12.1.